The molecule has 0 aliphatic heterocycles. The third-order valence-corrected chi connectivity index (χ3v) is 6.35. The van der Waals surface area contributed by atoms with Crippen LogP contribution < -0.4 is 5.32 Å². The highest BCUT2D eigenvalue weighted by molar-refractivity contribution is 14.0. The number of nitrogens with one attached hydrogen (secondary N) is 1. The molecule has 0 bridgehead atoms. The maximum atomic E-state index is 11.8. The van der Waals surface area contributed by atoms with Gasteiger partial charge in [-0.05, 0) is 42.8 Å². The van der Waals surface area contributed by atoms with Gasteiger partial charge in [0, 0.05) is 43.3 Å². The van der Waals surface area contributed by atoms with Gasteiger partial charge in [0.25, 0.3) is 0 Å². The SMILES string of the molecule is CCNC(=NCC(C)(C)S(C)(=O)=O)N(C)Cc1cc(Br)cn1C.I. The molecule has 0 spiro atoms. The van der Waals surface area contributed by atoms with Gasteiger partial charge in [0.05, 0.1) is 17.8 Å². The number of hydrogen-bond acceptors (Lipinski definition) is 3. The van der Waals surface area contributed by atoms with Gasteiger partial charge in [-0.25, -0.2) is 8.42 Å². The normalized spacial score (nSPS) is 12.7. The van der Waals surface area contributed by atoms with E-state index in [0.29, 0.717) is 12.5 Å². The Labute approximate surface area is 171 Å². The van der Waals surface area contributed by atoms with E-state index < -0.39 is 14.6 Å². The molecule has 1 aromatic rings. The molecule has 0 saturated heterocycles. The fraction of sp³-hybridized carbons (Fsp3) is 0.667. The van der Waals surface area contributed by atoms with Crippen LogP contribution in [0.15, 0.2) is 21.7 Å². The van der Waals surface area contributed by atoms with Gasteiger partial charge < -0.3 is 14.8 Å². The molecule has 0 aromatic carbocycles. The molecule has 0 aliphatic carbocycles. The molecule has 0 radical (unpaired) electrons. The standard InChI is InChI=1S/C15H27BrN4O2S.HI/c1-7-17-14(18-11-15(2,3)23(6,21)22)20(5)10-13-8-12(16)9-19(13)4;/h8-9H,7,10-11H2,1-6H3,(H,17,18);1H. The summed E-state index contributed by atoms with van der Waals surface area (Å²) in [4.78, 5) is 6.51. The highest BCUT2D eigenvalue weighted by atomic mass is 127. The molecule has 0 fully saturated rings. The summed E-state index contributed by atoms with van der Waals surface area (Å²) in [6, 6.07) is 2.06. The molecule has 0 atom stereocenters. The minimum absolute atomic E-state index is 0. The molecule has 0 saturated carbocycles. The summed E-state index contributed by atoms with van der Waals surface area (Å²) in [5.74, 6) is 0.696. The minimum atomic E-state index is -3.16. The van der Waals surface area contributed by atoms with E-state index in [4.69, 9.17) is 0 Å². The number of hydrogen-bond donors (Lipinski definition) is 1. The third kappa shape index (κ3) is 6.55. The quantitative estimate of drug-likeness (QED) is 0.346. The second-order valence-corrected chi connectivity index (χ2v) is 9.88. The molecule has 1 N–H and O–H groups in total. The molecule has 9 heteroatoms. The Morgan fingerprint density at radius 2 is 2.04 bits per heavy atom. The predicted octanol–water partition coefficient (Wildman–Crippen LogP) is 2.63. The van der Waals surface area contributed by atoms with Crippen molar-refractivity contribution in [1.29, 1.82) is 0 Å². The van der Waals surface area contributed by atoms with E-state index in [2.05, 4.69) is 32.3 Å². The molecular formula is C15H28BrIN4O2S. The van der Waals surface area contributed by atoms with Crippen LogP contribution in [0.5, 0.6) is 0 Å². The molecule has 0 amide bonds. The maximum Gasteiger partial charge on any atom is 0.194 e. The Hall–Kier alpha value is -0.290. The number of sulfone groups is 1. The van der Waals surface area contributed by atoms with Crippen LogP contribution in [0.3, 0.4) is 0 Å². The van der Waals surface area contributed by atoms with E-state index in [1.807, 2.05) is 36.7 Å². The maximum absolute atomic E-state index is 11.8. The van der Waals surface area contributed by atoms with Crippen molar-refractivity contribution in [3.05, 3.63) is 22.4 Å². The summed E-state index contributed by atoms with van der Waals surface area (Å²) in [5, 5.41) is 3.21. The lowest BCUT2D eigenvalue weighted by Crippen LogP contribution is -2.41. The lowest BCUT2D eigenvalue weighted by molar-refractivity contribution is 0.459. The monoisotopic (exact) mass is 534 g/mol. The Bertz CT molecular complexity index is 671. The van der Waals surface area contributed by atoms with Crippen LogP contribution in [-0.2, 0) is 23.4 Å². The molecule has 0 unspecified atom stereocenters. The second-order valence-electron chi connectivity index (χ2n) is 6.32. The number of aryl methyl sites for hydroxylation is 1. The van der Waals surface area contributed by atoms with Crippen LogP contribution >= 0.6 is 39.9 Å². The van der Waals surface area contributed by atoms with Gasteiger partial charge in [-0.2, -0.15) is 0 Å². The van der Waals surface area contributed by atoms with Gasteiger partial charge >= 0.3 is 0 Å². The van der Waals surface area contributed by atoms with E-state index in [1.54, 1.807) is 13.8 Å². The molecular weight excluding hydrogens is 507 g/mol. The zero-order valence-corrected chi connectivity index (χ0v) is 19.9. The Balaban J connectivity index is 0.00000529. The van der Waals surface area contributed by atoms with Crippen LogP contribution in [-0.4, -0.2) is 55.0 Å². The first-order valence-electron chi connectivity index (χ1n) is 7.47. The fourth-order valence-electron chi connectivity index (χ4n) is 1.89. The van der Waals surface area contributed by atoms with Crippen LogP contribution in [0.1, 0.15) is 26.5 Å². The second kappa shape index (κ2) is 9.42. The summed E-state index contributed by atoms with van der Waals surface area (Å²) in [7, 11) is 0.767. The Morgan fingerprint density at radius 1 is 1.46 bits per heavy atom. The van der Waals surface area contributed by atoms with Crippen molar-refractivity contribution in [2.45, 2.75) is 32.1 Å². The van der Waals surface area contributed by atoms with Crippen molar-refractivity contribution in [3.63, 3.8) is 0 Å². The number of rotatable bonds is 6. The molecule has 0 aliphatic rings. The zero-order valence-electron chi connectivity index (χ0n) is 15.1. The number of aromatic nitrogens is 1. The number of guanidine groups is 1. The largest absolute Gasteiger partial charge is 0.357 e. The van der Waals surface area contributed by atoms with Crippen LogP contribution in [0, 0.1) is 0 Å². The fourth-order valence-corrected chi connectivity index (χ4v) is 2.76. The number of halogens is 2. The lowest BCUT2D eigenvalue weighted by atomic mass is 10.2. The average Bonchev–Trinajstić information content (AvgIpc) is 2.71. The van der Waals surface area contributed by atoms with Gasteiger partial charge in [-0.1, -0.05) is 0 Å². The summed E-state index contributed by atoms with van der Waals surface area (Å²) in [5.41, 5.74) is 1.13. The summed E-state index contributed by atoms with van der Waals surface area (Å²) < 4.78 is 25.8. The van der Waals surface area contributed by atoms with Crippen molar-refractivity contribution < 1.29 is 8.42 Å². The molecule has 1 aromatic heterocycles. The minimum Gasteiger partial charge on any atom is -0.357 e. The van der Waals surface area contributed by atoms with E-state index in [-0.39, 0.29) is 30.5 Å². The van der Waals surface area contributed by atoms with Gasteiger partial charge in [0.2, 0.25) is 0 Å². The first-order chi connectivity index (χ1) is 10.5. The molecule has 1 heterocycles. The summed E-state index contributed by atoms with van der Waals surface area (Å²) >= 11 is 3.47. The lowest BCUT2D eigenvalue weighted by Gasteiger charge is -2.25. The van der Waals surface area contributed by atoms with Gasteiger partial charge in [-0.3, -0.25) is 4.99 Å². The summed E-state index contributed by atoms with van der Waals surface area (Å²) in [6.07, 6.45) is 3.25. The van der Waals surface area contributed by atoms with E-state index in [1.165, 1.54) is 6.26 Å². The Morgan fingerprint density at radius 3 is 2.46 bits per heavy atom. The Kier molecular flexibility index (Phi) is 9.31. The van der Waals surface area contributed by atoms with Crippen molar-refractivity contribution in [2.24, 2.45) is 12.0 Å². The first-order valence-corrected chi connectivity index (χ1v) is 10.2. The van der Waals surface area contributed by atoms with Gasteiger partial charge in [-0.15, -0.1) is 24.0 Å². The van der Waals surface area contributed by atoms with Crippen molar-refractivity contribution in [2.75, 3.05) is 26.4 Å². The van der Waals surface area contributed by atoms with Crippen LogP contribution in [0.2, 0.25) is 0 Å². The van der Waals surface area contributed by atoms with Crippen LogP contribution in [0.4, 0.5) is 0 Å². The molecule has 140 valence electrons. The molecule has 1 rings (SSSR count). The zero-order chi connectivity index (χ0) is 17.8. The first kappa shape index (κ1) is 23.7. The van der Waals surface area contributed by atoms with Crippen molar-refractivity contribution >= 4 is 55.7 Å². The average molecular weight is 535 g/mol. The smallest absolute Gasteiger partial charge is 0.194 e. The van der Waals surface area contributed by atoms with E-state index in [0.717, 1.165) is 16.7 Å². The van der Waals surface area contributed by atoms with Crippen molar-refractivity contribution in [3.8, 4) is 0 Å². The van der Waals surface area contributed by atoms with Crippen molar-refractivity contribution in [1.82, 2.24) is 14.8 Å². The summed E-state index contributed by atoms with van der Waals surface area (Å²) in [6.45, 7) is 7.00. The molecule has 6 nitrogen and oxygen atoms in total. The third-order valence-electron chi connectivity index (χ3n) is 3.78. The van der Waals surface area contributed by atoms with E-state index in [9.17, 15) is 8.42 Å². The van der Waals surface area contributed by atoms with Crippen LogP contribution in [0.25, 0.3) is 0 Å². The van der Waals surface area contributed by atoms with E-state index >= 15 is 0 Å². The highest BCUT2D eigenvalue weighted by Crippen LogP contribution is 2.17. The molecule has 24 heavy (non-hydrogen) atoms. The topological polar surface area (TPSA) is 66.7 Å². The van der Waals surface area contributed by atoms with Gasteiger partial charge in [0.1, 0.15) is 0 Å². The predicted molar refractivity (Wildman–Crippen MR) is 115 cm³/mol. The highest BCUT2D eigenvalue weighted by Gasteiger charge is 2.30. The van der Waals surface area contributed by atoms with Gasteiger partial charge in [0.15, 0.2) is 15.8 Å². The number of aliphatic imine (C=N–C) groups is 1. The number of nitrogens with zero attached hydrogens (tertiary/aromatic N) is 3.